The van der Waals surface area contributed by atoms with Gasteiger partial charge in [-0.25, -0.2) is 0 Å². The van der Waals surface area contributed by atoms with Crippen LogP contribution in [0.2, 0.25) is 0 Å². The van der Waals surface area contributed by atoms with Crippen molar-refractivity contribution in [3.8, 4) is 33.9 Å². The molecule has 162 valence electrons. The molecule has 1 aromatic carbocycles. The van der Waals surface area contributed by atoms with Crippen LogP contribution in [0.25, 0.3) is 22.4 Å². The van der Waals surface area contributed by atoms with E-state index in [1.165, 1.54) is 29.5 Å². The number of nitrogens with zero attached hydrogens (tertiary/aromatic N) is 1. The number of aliphatic hydroxyl groups is 1. The van der Waals surface area contributed by atoms with Crippen LogP contribution in [0.1, 0.15) is 43.7 Å². The zero-order valence-corrected chi connectivity index (χ0v) is 18.4. The van der Waals surface area contributed by atoms with Crippen LogP contribution in [0.15, 0.2) is 54.7 Å². The summed E-state index contributed by atoms with van der Waals surface area (Å²) in [6, 6.07) is 16.5. The molecule has 5 rings (SSSR count). The highest BCUT2D eigenvalue weighted by Gasteiger charge is 2.19. The molecule has 1 aromatic heterocycles. The summed E-state index contributed by atoms with van der Waals surface area (Å²) in [5, 5.41) is 9.32. The van der Waals surface area contributed by atoms with Crippen molar-refractivity contribution < 1.29 is 14.6 Å². The molecule has 1 N–H and O–H groups in total. The Morgan fingerprint density at radius 3 is 2.32 bits per heavy atom. The Kier molecular flexibility index (Phi) is 6.88. The van der Waals surface area contributed by atoms with Crippen LogP contribution in [0.4, 0.5) is 0 Å². The van der Waals surface area contributed by atoms with E-state index in [0.717, 1.165) is 47.6 Å². The van der Waals surface area contributed by atoms with E-state index >= 15 is 0 Å². The number of ether oxygens (including phenoxy) is 2. The number of pyridine rings is 1. The van der Waals surface area contributed by atoms with Crippen LogP contribution in [0.5, 0.6) is 11.5 Å². The average molecular weight is 418 g/mol. The molecule has 0 bridgehead atoms. The van der Waals surface area contributed by atoms with Crippen molar-refractivity contribution in [3.05, 3.63) is 65.9 Å². The molecule has 0 unspecified atom stereocenters. The number of aromatic nitrogens is 1. The van der Waals surface area contributed by atoms with Gasteiger partial charge in [0, 0.05) is 18.4 Å². The normalized spacial score (nSPS) is 14.0. The number of hydrogen-bond donors (Lipinski definition) is 1. The number of fused-ring (bicyclic) bond motifs is 1. The summed E-state index contributed by atoms with van der Waals surface area (Å²) < 4.78 is 11.7. The van der Waals surface area contributed by atoms with Crippen LogP contribution in [-0.4, -0.2) is 29.9 Å². The van der Waals surface area contributed by atoms with Gasteiger partial charge in [0.2, 0.25) is 0 Å². The maximum atomic E-state index is 9.32. The van der Waals surface area contributed by atoms with Crippen LogP contribution in [0.3, 0.4) is 0 Å². The SMILES string of the molecule is CCc1c(CCO)ccnc1-c1ccc(OC)c(OC2CCCC2)c1.c1cc2cc-2c1. The van der Waals surface area contributed by atoms with E-state index < -0.39 is 0 Å². The van der Waals surface area contributed by atoms with Crippen molar-refractivity contribution in [2.24, 2.45) is 0 Å². The lowest BCUT2D eigenvalue weighted by Crippen LogP contribution is -2.11. The van der Waals surface area contributed by atoms with Gasteiger partial charge in [-0.3, -0.25) is 4.98 Å². The van der Waals surface area contributed by atoms with Gasteiger partial charge in [-0.2, -0.15) is 0 Å². The highest BCUT2D eigenvalue weighted by Crippen LogP contribution is 2.36. The van der Waals surface area contributed by atoms with Gasteiger partial charge in [0.1, 0.15) is 0 Å². The molecular formula is C27H31NO3. The molecule has 2 aromatic rings. The molecule has 4 heteroatoms. The van der Waals surface area contributed by atoms with Gasteiger partial charge in [0.15, 0.2) is 11.5 Å². The predicted octanol–water partition coefficient (Wildman–Crippen LogP) is 5.84. The second kappa shape index (κ2) is 9.97. The van der Waals surface area contributed by atoms with Gasteiger partial charge in [-0.1, -0.05) is 25.1 Å². The topological polar surface area (TPSA) is 51.6 Å². The maximum absolute atomic E-state index is 9.32. The Hall–Kier alpha value is -2.85. The van der Waals surface area contributed by atoms with Crippen molar-refractivity contribution >= 4 is 0 Å². The first-order valence-electron chi connectivity index (χ1n) is 11.3. The summed E-state index contributed by atoms with van der Waals surface area (Å²) in [7, 11) is 1.67. The third kappa shape index (κ3) is 5.08. The standard InChI is InChI=1S/C21H27NO3.C6H4/c1-3-18-15(11-13-23)10-12-22-21(18)16-8-9-19(24-2)20(14-16)25-17-6-4-5-7-17;1-2-5-4-6(5)3-1/h8-10,12,14,17,23H,3-7,11,13H2,1-2H3;1-4H. The smallest absolute Gasteiger partial charge is 0.162 e. The Morgan fingerprint density at radius 1 is 0.968 bits per heavy atom. The maximum Gasteiger partial charge on any atom is 0.162 e. The lowest BCUT2D eigenvalue weighted by atomic mass is 9.97. The van der Waals surface area contributed by atoms with Crippen molar-refractivity contribution in [3.63, 3.8) is 0 Å². The zero-order chi connectivity index (χ0) is 21.6. The molecule has 31 heavy (non-hydrogen) atoms. The fraction of sp³-hybridized carbons (Fsp3) is 0.370. The summed E-state index contributed by atoms with van der Waals surface area (Å²) in [6.45, 7) is 2.27. The molecule has 0 saturated heterocycles. The van der Waals surface area contributed by atoms with E-state index in [9.17, 15) is 5.11 Å². The lowest BCUT2D eigenvalue weighted by Gasteiger charge is -2.18. The molecule has 4 nitrogen and oxygen atoms in total. The average Bonchev–Trinajstić information content (AvgIpc) is 3.16. The molecule has 1 heterocycles. The number of methoxy groups -OCH3 is 1. The van der Waals surface area contributed by atoms with Crippen molar-refractivity contribution in [2.75, 3.05) is 13.7 Å². The van der Waals surface area contributed by atoms with E-state index in [-0.39, 0.29) is 12.7 Å². The van der Waals surface area contributed by atoms with Crippen LogP contribution < -0.4 is 9.47 Å². The van der Waals surface area contributed by atoms with E-state index in [4.69, 9.17) is 9.47 Å². The summed E-state index contributed by atoms with van der Waals surface area (Å²) in [6.07, 6.45) is 8.32. The first-order chi connectivity index (χ1) is 15.2. The number of benzene rings is 2. The minimum atomic E-state index is 0.148. The van der Waals surface area contributed by atoms with Gasteiger partial charge in [0.25, 0.3) is 0 Å². The highest BCUT2D eigenvalue weighted by atomic mass is 16.5. The fourth-order valence-electron chi connectivity index (χ4n) is 4.31. The largest absolute Gasteiger partial charge is 0.493 e. The number of hydrogen-bond acceptors (Lipinski definition) is 4. The summed E-state index contributed by atoms with van der Waals surface area (Å²) in [4.78, 5) is 4.61. The lowest BCUT2D eigenvalue weighted by molar-refractivity contribution is 0.201. The molecule has 1 fully saturated rings. The molecule has 0 amide bonds. The molecule has 1 saturated carbocycles. The molecular weight excluding hydrogens is 386 g/mol. The van der Waals surface area contributed by atoms with E-state index in [1.54, 1.807) is 7.11 Å². The molecule has 0 atom stereocenters. The Morgan fingerprint density at radius 2 is 1.74 bits per heavy atom. The van der Waals surface area contributed by atoms with E-state index in [0.29, 0.717) is 6.42 Å². The first kappa shape index (κ1) is 21.4. The quantitative estimate of drug-likeness (QED) is 0.410. The fourth-order valence-corrected chi connectivity index (χ4v) is 4.31. The Balaban J connectivity index is 0.000000325. The van der Waals surface area contributed by atoms with Gasteiger partial charge >= 0.3 is 0 Å². The molecule has 3 aliphatic carbocycles. The summed E-state index contributed by atoms with van der Waals surface area (Å²) in [5.74, 6) is 1.56. The van der Waals surface area contributed by atoms with Crippen molar-refractivity contribution in [2.45, 2.75) is 51.6 Å². The number of aliphatic hydroxyl groups excluding tert-OH is 1. The summed E-state index contributed by atoms with van der Waals surface area (Å²) in [5.41, 5.74) is 7.19. The van der Waals surface area contributed by atoms with Crippen LogP contribution in [-0.2, 0) is 12.8 Å². The minimum Gasteiger partial charge on any atom is -0.493 e. The van der Waals surface area contributed by atoms with Gasteiger partial charge < -0.3 is 14.6 Å². The van der Waals surface area contributed by atoms with Gasteiger partial charge in [-0.05, 0) is 91.1 Å². The molecule has 0 aliphatic heterocycles. The second-order valence-corrected chi connectivity index (χ2v) is 8.10. The van der Waals surface area contributed by atoms with Gasteiger partial charge in [-0.15, -0.1) is 0 Å². The van der Waals surface area contributed by atoms with Crippen LogP contribution >= 0.6 is 0 Å². The monoisotopic (exact) mass is 417 g/mol. The van der Waals surface area contributed by atoms with Gasteiger partial charge in [0.05, 0.1) is 18.9 Å². The van der Waals surface area contributed by atoms with Crippen LogP contribution in [0, 0.1) is 0 Å². The van der Waals surface area contributed by atoms with Crippen molar-refractivity contribution in [1.29, 1.82) is 0 Å². The third-order valence-corrected chi connectivity index (χ3v) is 6.03. The van der Waals surface area contributed by atoms with E-state index in [2.05, 4.69) is 36.2 Å². The Bertz CT molecular complexity index is 1010. The Labute approximate surface area is 184 Å². The second-order valence-electron chi connectivity index (χ2n) is 8.10. The number of rotatable bonds is 7. The first-order valence-corrected chi connectivity index (χ1v) is 11.3. The highest BCUT2D eigenvalue weighted by molar-refractivity contribution is 5.80. The van der Waals surface area contributed by atoms with E-state index in [1.807, 2.05) is 30.5 Å². The molecule has 3 aliphatic rings. The molecule has 0 spiro atoms. The molecule has 0 radical (unpaired) electrons. The van der Waals surface area contributed by atoms with Crippen molar-refractivity contribution in [1.82, 2.24) is 4.98 Å². The predicted molar refractivity (Wildman–Crippen MR) is 125 cm³/mol. The zero-order valence-electron chi connectivity index (χ0n) is 18.4. The minimum absolute atomic E-state index is 0.148. The summed E-state index contributed by atoms with van der Waals surface area (Å²) >= 11 is 0. The third-order valence-electron chi connectivity index (χ3n) is 6.03.